The van der Waals surface area contributed by atoms with Crippen LogP contribution < -0.4 is 14.8 Å². The molecule has 4 rings (SSSR count). The average molecular weight is 588 g/mol. The van der Waals surface area contributed by atoms with Gasteiger partial charge in [0, 0.05) is 11.4 Å². The lowest BCUT2D eigenvalue weighted by Gasteiger charge is -2.28. The van der Waals surface area contributed by atoms with Crippen LogP contribution in [0.25, 0.3) is 0 Å². The van der Waals surface area contributed by atoms with Crippen LogP contribution in [0.3, 0.4) is 0 Å². The van der Waals surface area contributed by atoms with Gasteiger partial charge in [0.2, 0.25) is 11.1 Å². The van der Waals surface area contributed by atoms with Crippen LogP contribution in [-0.2, 0) is 16.1 Å². The number of fused-ring (bicyclic) bond motifs is 1. The highest BCUT2D eigenvalue weighted by Gasteiger charge is 2.36. The van der Waals surface area contributed by atoms with Gasteiger partial charge < -0.3 is 19.5 Å². The number of allylic oxidation sites excluding steroid dienone is 1. The molecule has 2 heterocycles. The third-order valence-corrected chi connectivity index (χ3v) is 7.27. The highest BCUT2D eigenvalue weighted by Crippen LogP contribution is 2.43. The molecule has 0 fully saturated rings. The SMILES string of the molecule is CCCSc1nc2n(n1)C(c1cc(Br)c(OCc3ccccc3)c(OCC)c1)C(C(=O)OCC)=C(C)N2. The van der Waals surface area contributed by atoms with Gasteiger partial charge in [0.05, 0.1) is 23.3 Å². The van der Waals surface area contributed by atoms with Crippen molar-refractivity contribution in [2.45, 2.75) is 51.9 Å². The predicted molar refractivity (Wildman–Crippen MR) is 148 cm³/mol. The molecule has 10 heteroatoms. The first-order valence-corrected chi connectivity index (χ1v) is 14.1. The summed E-state index contributed by atoms with van der Waals surface area (Å²) in [6.07, 6.45) is 1.01. The molecular weight excluding hydrogens is 556 g/mol. The zero-order chi connectivity index (χ0) is 26.4. The Morgan fingerprint density at radius 3 is 2.62 bits per heavy atom. The standard InChI is InChI=1S/C27H31BrN4O4S/c1-5-13-37-27-30-26-29-17(4)22(25(33)35-7-3)23(32(26)31-27)19-14-20(28)24(21(15-19)34-6-2)36-16-18-11-9-8-10-12-18/h8-12,14-15,23H,5-7,13,16H2,1-4H3,(H,29,30,31). The number of thioether (sulfide) groups is 1. The number of rotatable bonds is 11. The summed E-state index contributed by atoms with van der Waals surface area (Å²) in [6.45, 7) is 8.80. The first-order chi connectivity index (χ1) is 18.0. The maximum Gasteiger partial charge on any atom is 0.338 e. The summed E-state index contributed by atoms with van der Waals surface area (Å²) in [6, 6.07) is 13.2. The molecule has 1 atom stereocenters. The topological polar surface area (TPSA) is 87.5 Å². The maximum absolute atomic E-state index is 13.1. The number of esters is 1. The molecule has 0 aliphatic carbocycles. The number of halogens is 1. The van der Waals surface area contributed by atoms with Crippen LogP contribution in [0, 0.1) is 0 Å². The van der Waals surface area contributed by atoms with Crippen LogP contribution in [-0.4, -0.2) is 39.7 Å². The highest BCUT2D eigenvalue weighted by molar-refractivity contribution is 9.10. The van der Waals surface area contributed by atoms with Crippen LogP contribution in [0.2, 0.25) is 0 Å². The largest absolute Gasteiger partial charge is 0.490 e. The molecule has 1 aliphatic rings. The minimum Gasteiger partial charge on any atom is -0.490 e. The quantitative estimate of drug-likeness (QED) is 0.205. The first-order valence-electron chi connectivity index (χ1n) is 12.3. The monoisotopic (exact) mass is 586 g/mol. The molecule has 1 N–H and O–H groups in total. The van der Waals surface area contributed by atoms with E-state index < -0.39 is 12.0 Å². The van der Waals surface area contributed by atoms with Gasteiger partial charge in [-0.05, 0) is 66.4 Å². The van der Waals surface area contributed by atoms with Crippen molar-refractivity contribution in [3.05, 3.63) is 69.3 Å². The van der Waals surface area contributed by atoms with E-state index in [-0.39, 0.29) is 6.61 Å². The van der Waals surface area contributed by atoms with Crippen LogP contribution in [0.1, 0.15) is 51.3 Å². The summed E-state index contributed by atoms with van der Waals surface area (Å²) in [5.41, 5.74) is 2.99. The van der Waals surface area contributed by atoms with Crippen molar-refractivity contribution in [2.24, 2.45) is 0 Å². The molecule has 3 aromatic rings. The molecule has 2 aromatic carbocycles. The number of hydrogen-bond acceptors (Lipinski definition) is 8. The average Bonchev–Trinajstić information content (AvgIpc) is 3.29. The van der Waals surface area contributed by atoms with E-state index in [0.717, 1.165) is 23.3 Å². The van der Waals surface area contributed by atoms with Gasteiger partial charge in [-0.15, -0.1) is 5.10 Å². The fraction of sp³-hybridized carbons (Fsp3) is 0.370. The summed E-state index contributed by atoms with van der Waals surface area (Å²) < 4.78 is 20.1. The van der Waals surface area contributed by atoms with Crippen LogP contribution >= 0.6 is 27.7 Å². The number of aromatic nitrogens is 3. The van der Waals surface area contributed by atoms with Crippen molar-refractivity contribution in [1.29, 1.82) is 0 Å². The summed E-state index contributed by atoms with van der Waals surface area (Å²) in [7, 11) is 0. The van der Waals surface area contributed by atoms with Gasteiger partial charge in [0.25, 0.3) is 0 Å². The molecule has 1 unspecified atom stereocenters. The van der Waals surface area contributed by atoms with Crippen molar-refractivity contribution < 1.29 is 19.0 Å². The van der Waals surface area contributed by atoms with Crippen LogP contribution in [0.4, 0.5) is 5.95 Å². The Kier molecular flexibility index (Phi) is 9.15. The maximum atomic E-state index is 13.1. The Balaban J connectivity index is 1.78. The summed E-state index contributed by atoms with van der Waals surface area (Å²) >= 11 is 5.27. The Hall–Kier alpha value is -2.98. The van der Waals surface area contributed by atoms with Gasteiger partial charge in [-0.25, -0.2) is 9.48 Å². The highest BCUT2D eigenvalue weighted by atomic mass is 79.9. The summed E-state index contributed by atoms with van der Waals surface area (Å²) in [4.78, 5) is 17.8. The smallest absolute Gasteiger partial charge is 0.338 e. The summed E-state index contributed by atoms with van der Waals surface area (Å²) in [5.74, 6) is 2.25. The molecule has 0 spiro atoms. The lowest BCUT2D eigenvalue weighted by atomic mass is 9.95. The molecule has 8 nitrogen and oxygen atoms in total. The Bertz CT molecular complexity index is 1280. The molecule has 0 amide bonds. The van der Waals surface area contributed by atoms with E-state index in [1.807, 2.05) is 56.3 Å². The Labute approximate surface area is 229 Å². The normalized spacial score (nSPS) is 14.7. The molecule has 0 bridgehead atoms. The van der Waals surface area contributed by atoms with Gasteiger partial charge in [-0.1, -0.05) is 49.0 Å². The Morgan fingerprint density at radius 2 is 1.92 bits per heavy atom. The molecule has 196 valence electrons. The number of nitrogens with one attached hydrogen (secondary N) is 1. The van der Waals surface area contributed by atoms with E-state index in [4.69, 9.17) is 19.3 Å². The second kappa shape index (κ2) is 12.5. The van der Waals surface area contributed by atoms with Gasteiger partial charge in [-0.2, -0.15) is 4.98 Å². The van der Waals surface area contributed by atoms with Gasteiger partial charge in [-0.3, -0.25) is 0 Å². The third-order valence-electron chi connectivity index (χ3n) is 5.64. The van der Waals surface area contributed by atoms with Crippen molar-refractivity contribution in [2.75, 3.05) is 24.3 Å². The molecule has 37 heavy (non-hydrogen) atoms. The second-order valence-corrected chi connectivity index (χ2v) is 10.3. The molecule has 0 saturated heterocycles. The predicted octanol–water partition coefficient (Wildman–Crippen LogP) is 6.37. The van der Waals surface area contributed by atoms with E-state index in [1.165, 1.54) is 0 Å². The minimum atomic E-state index is -0.558. The number of benzene rings is 2. The number of ether oxygens (including phenoxy) is 3. The zero-order valence-electron chi connectivity index (χ0n) is 21.4. The third kappa shape index (κ3) is 6.13. The zero-order valence-corrected chi connectivity index (χ0v) is 23.8. The van der Waals surface area contributed by atoms with E-state index in [1.54, 1.807) is 23.4 Å². The number of anilines is 1. The number of carbonyl (C=O) groups excluding carboxylic acids is 1. The Morgan fingerprint density at radius 1 is 1.14 bits per heavy atom. The fourth-order valence-electron chi connectivity index (χ4n) is 4.05. The van der Waals surface area contributed by atoms with Crippen molar-refractivity contribution in [3.8, 4) is 11.5 Å². The van der Waals surface area contributed by atoms with Crippen molar-refractivity contribution in [3.63, 3.8) is 0 Å². The van der Waals surface area contributed by atoms with Crippen molar-refractivity contribution >= 4 is 39.6 Å². The van der Waals surface area contributed by atoms with Crippen molar-refractivity contribution in [1.82, 2.24) is 14.8 Å². The summed E-state index contributed by atoms with van der Waals surface area (Å²) in [5, 5.41) is 8.64. The van der Waals surface area contributed by atoms with Gasteiger partial charge in [0.1, 0.15) is 12.6 Å². The van der Waals surface area contributed by atoms with E-state index in [9.17, 15) is 4.79 Å². The number of carbonyl (C=O) groups is 1. The van der Waals surface area contributed by atoms with E-state index >= 15 is 0 Å². The van der Waals surface area contributed by atoms with Gasteiger partial charge in [0.15, 0.2) is 11.5 Å². The number of hydrogen-bond donors (Lipinski definition) is 1. The molecule has 0 radical (unpaired) electrons. The molecular formula is C27H31BrN4O4S. The fourth-order valence-corrected chi connectivity index (χ4v) is 5.30. The lowest BCUT2D eigenvalue weighted by molar-refractivity contribution is -0.139. The molecule has 1 aromatic heterocycles. The second-order valence-electron chi connectivity index (χ2n) is 8.33. The van der Waals surface area contributed by atoms with E-state index in [0.29, 0.717) is 51.6 Å². The molecule has 1 aliphatic heterocycles. The van der Waals surface area contributed by atoms with Crippen LogP contribution in [0.15, 0.2) is 63.4 Å². The number of nitrogens with zero attached hydrogens (tertiary/aromatic N) is 3. The lowest BCUT2D eigenvalue weighted by Crippen LogP contribution is -2.29. The van der Waals surface area contributed by atoms with Crippen LogP contribution in [0.5, 0.6) is 11.5 Å². The first kappa shape index (κ1) is 27.1. The minimum absolute atomic E-state index is 0.268. The van der Waals surface area contributed by atoms with Gasteiger partial charge >= 0.3 is 5.97 Å². The van der Waals surface area contributed by atoms with E-state index in [2.05, 4.69) is 33.2 Å². The molecule has 0 saturated carbocycles.